The molecule has 1 saturated heterocycles. The molecule has 21 heavy (non-hydrogen) atoms. The number of methoxy groups -OCH3 is 2. The average Bonchev–Trinajstić information content (AvgIpc) is 3.18. The molecule has 5 heteroatoms. The molecular weight excluding hydrogens is 284 g/mol. The van der Waals surface area contributed by atoms with Gasteiger partial charge >= 0.3 is 0 Å². The molecular formula is C16H22N2O2S. The summed E-state index contributed by atoms with van der Waals surface area (Å²) in [4.78, 5) is 2.30. The smallest absolute Gasteiger partial charge is 0.169 e. The minimum atomic E-state index is 0.272. The highest BCUT2D eigenvalue weighted by atomic mass is 32.1. The predicted octanol–water partition coefficient (Wildman–Crippen LogP) is 2.88. The highest BCUT2D eigenvalue weighted by molar-refractivity contribution is 7.80. The van der Waals surface area contributed by atoms with E-state index in [1.807, 2.05) is 12.1 Å². The molecule has 2 aliphatic rings. The number of benzene rings is 1. The van der Waals surface area contributed by atoms with Crippen LogP contribution in [0.15, 0.2) is 18.2 Å². The van der Waals surface area contributed by atoms with Crippen molar-refractivity contribution in [1.82, 2.24) is 10.2 Å². The monoisotopic (exact) mass is 306 g/mol. The lowest BCUT2D eigenvalue weighted by molar-refractivity contribution is 0.357. The molecule has 0 radical (unpaired) electrons. The quantitative estimate of drug-likeness (QED) is 0.865. The van der Waals surface area contributed by atoms with Gasteiger partial charge in [0.15, 0.2) is 5.11 Å². The molecule has 1 saturated carbocycles. The number of nitrogens with zero attached hydrogens (tertiary/aromatic N) is 1. The molecule has 1 aliphatic carbocycles. The van der Waals surface area contributed by atoms with Crippen molar-refractivity contribution in [2.45, 2.75) is 37.8 Å². The fourth-order valence-electron chi connectivity index (χ4n) is 2.92. The van der Waals surface area contributed by atoms with Gasteiger partial charge in [0.05, 0.1) is 20.3 Å². The third-order valence-electron chi connectivity index (χ3n) is 4.21. The van der Waals surface area contributed by atoms with Crippen LogP contribution in [0, 0.1) is 0 Å². The molecule has 1 aromatic carbocycles. The van der Waals surface area contributed by atoms with Gasteiger partial charge in [-0.3, -0.25) is 0 Å². The lowest BCUT2D eigenvalue weighted by Crippen LogP contribution is -2.40. The van der Waals surface area contributed by atoms with E-state index < -0.39 is 0 Å². The Labute approximate surface area is 131 Å². The zero-order valence-corrected chi connectivity index (χ0v) is 13.4. The molecule has 0 unspecified atom stereocenters. The van der Waals surface area contributed by atoms with E-state index in [4.69, 9.17) is 21.7 Å². The zero-order chi connectivity index (χ0) is 14.8. The molecule has 1 heterocycles. The summed E-state index contributed by atoms with van der Waals surface area (Å²) in [6, 6.07) is 6.84. The fourth-order valence-corrected chi connectivity index (χ4v) is 3.30. The predicted molar refractivity (Wildman–Crippen MR) is 87.0 cm³/mol. The maximum atomic E-state index is 5.59. The van der Waals surface area contributed by atoms with Gasteiger partial charge in [-0.2, -0.15) is 0 Å². The molecule has 4 nitrogen and oxygen atoms in total. The largest absolute Gasteiger partial charge is 0.497 e. The summed E-state index contributed by atoms with van der Waals surface area (Å²) in [6.07, 6.45) is 4.72. The van der Waals surface area contributed by atoms with Gasteiger partial charge in [0, 0.05) is 18.2 Å². The van der Waals surface area contributed by atoms with Crippen molar-refractivity contribution >= 4 is 17.3 Å². The van der Waals surface area contributed by atoms with Crippen molar-refractivity contribution < 1.29 is 9.47 Å². The maximum absolute atomic E-state index is 5.59. The van der Waals surface area contributed by atoms with E-state index in [0.29, 0.717) is 6.04 Å². The van der Waals surface area contributed by atoms with Crippen molar-refractivity contribution in [1.29, 1.82) is 0 Å². The minimum Gasteiger partial charge on any atom is -0.497 e. The first-order valence-electron chi connectivity index (χ1n) is 7.52. The van der Waals surface area contributed by atoms with Crippen LogP contribution < -0.4 is 14.8 Å². The second-order valence-corrected chi connectivity index (χ2v) is 6.07. The number of rotatable bonds is 4. The summed E-state index contributed by atoms with van der Waals surface area (Å²) < 4.78 is 10.9. The molecule has 1 N–H and O–H groups in total. The fraction of sp³-hybridized carbons (Fsp3) is 0.562. The van der Waals surface area contributed by atoms with Crippen molar-refractivity contribution in [3.05, 3.63) is 23.8 Å². The lowest BCUT2D eigenvalue weighted by Gasteiger charge is -2.29. The number of ether oxygens (including phenoxy) is 2. The van der Waals surface area contributed by atoms with Crippen LogP contribution in [0.5, 0.6) is 11.5 Å². The maximum Gasteiger partial charge on any atom is 0.169 e. The Bertz CT molecular complexity index is 531. The molecule has 114 valence electrons. The second-order valence-electron chi connectivity index (χ2n) is 5.68. The zero-order valence-electron chi connectivity index (χ0n) is 12.6. The lowest BCUT2D eigenvalue weighted by atomic mass is 10.0. The van der Waals surface area contributed by atoms with Crippen LogP contribution in [0.3, 0.4) is 0 Å². The number of nitrogens with one attached hydrogen (secondary N) is 1. The van der Waals surface area contributed by atoms with Crippen molar-refractivity contribution in [3.8, 4) is 11.5 Å². The Morgan fingerprint density at radius 3 is 2.71 bits per heavy atom. The Morgan fingerprint density at radius 1 is 1.24 bits per heavy atom. The van der Waals surface area contributed by atoms with Gasteiger partial charge < -0.3 is 19.7 Å². The standard InChI is InChI=1S/C16H22N2O2S/c1-19-12-7-8-15(20-2)13(10-12)14-4-3-9-18(14)16(21)17-11-5-6-11/h7-8,10-11,14H,3-6,9H2,1-2H3,(H,17,21)/t14-/m1/s1. The van der Waals surface area contributed by atoms with Gasteiger partial charge in [-0.15, -0.1) is 0 Å². The molecule has 1 aromatic rings. The minimum absolute atomic E-state index is 0.272. The average molecular weight is 306 g/mol. The van der Waals surface area contributed by atoms with Crippen LogP contribution in [0.25, 0.3) is 0 Å². The summed E-state index contributed by atoms with van der Waals surface area (Å²) in [7, 11) is 3.41. The number of thiocarbonyl (C=S) groups is 1. The first-order chi connectivity index (χ1) is 10.2. The van der Waals surface area contributed by atoms with Crippen LogP contribution >= 0.6 is 12.2 Å². The first kappa shape index (κ1) is 14.4. The normalized spacial score (nSPS) is 21.2. The van der Waals surface area contributed by atoms with Gasteiger partial charge in [0.1, 0.15) is 11.5 Å². The van der Waals surface area contributed by atoms with Gasteiger partial charge in [0.2, 0.25) is 0 Å². The summed E-state index contributed by atoms with van der Waals surface area (Å²) in [5, 5.41) is 4.33. The highest BCUT2D eigenvalue weighted by Crippen LogP contribution is 2.39. The van der Waals surface area contributed by atoms with E-state index in [-0.39, 0.29) is 6.04 Å². The topological polar surface area (TPSA) is 33.7 Å². The second kappa shape index (κ2) is 6.10. The molecule has 0 bridgehead atoms. The molecule has 0 amide bonds. The molecule has 0 spiro atoms. The van der Waals surface area contributed by atoms with E-state index in [1.165, 1.54) is 12.8 Å². The number of likely N-dealkylation sites (tertiary alicyclic amines) is 1. The summed E-state index contributed by atoms with van der Waals surface area (Å²) in [5.41, 5.74) is 1.16. The van der Waals surface area contributed by atoms with E-state index in [1.54, 1.807) is 14.2 Å². The van der Waals surface area contributed by atoms with Gasteiger partial charge in [-0.25, -0.2) is 0 Å². The summed E-state index contributed by atoms with van der Waals surface area (Å²) >= 11 is 5.59. The highest BCUT2D eigenvalue weighted by Gasteiger charge is 2.32. The van der Waals surface area contributed by atoms with Crippen LogP contribution in [-0.2, 0) is 0 Å². The summed E-state index contributed by atoms with van der Waals surface area (Å²) in [6.45, 7) is 1.00. The van der Waals surface area contributed by atoms with E-state index in [9.17, 15) is 0 Å². The van der Waals surface area contributed by atoms with Crippen LogP contribution in [0.2, 0.25) is 0 Å². The van der Waals surface area contributed by atoms with E-state index in [2.05, 4.69) is 16.3 Å². The molecule has 1 atom stereocenters. The van der Waals surface area contributed by atoms with E-state index in [0.717, 1.165) is 41.6 Å². The Balaban J connectivity index is 1.84. The summed E-state index contributed by atoms with van der Waals surface area (Å²) in [5.74, 6) is 1.76. The Kier molecular flexibility index (Phi) is 4.19. The van der Waals surface area contributed by atoms with Gasteiger partial charge in [-0.1, -0.05) is 0 Å². The van der Waals surface area contributed by atoms with Gasteiger partial charge in [0.25, 0.3) is 0 Å². The third kappa shape index (κ3) is 3.07. The van der Waals surface area contributed by atoms with Gasteiger partial charge in [-0.05, 0) is 56.1 Å². The van der Waals surface area contributed by atoms with Crippen molar-refractivity contribution in [2.75, 3.05) is 20.8 Å². The van der Waals surface area contributed by atoms with Crippen molar-refractivity contribution in [2.24, 2.45) is 0 Å². The van der Waals surface area contributed by atoms with Crippen molar-refractivity contribution in [3.63, 3.8) is 0 Å². The van der Waals surface area contributed by atoms with Crippen LogP contribution in [-0.4, -0.2) is 36.8 Å². The third-order valence-corrected chi connectivity index (χ3v) is 4.57. The number of hydrogen-bond acceptors (Lipinski definition) is 3. The SMILES string of the molecule is COc1ccc(OC)c([C@H]2CCCN2C(=S)NC2CC2)c1. The molecule has 3 rings (SSSR count). The van der Waals surface area contributed by atoms with E-state index >= 15 is 0 Å². The molecule has 2 fully saturated rings. The first-order valence-corrected chi connectivity index (χ1v) is 7.93. The number of hydrogen-bond donors (Lipinski definition) is 1. The Morgan fingerprint density at radius 2 is 2.05 bits per heavy atom. The molecule has 1 aliphatic heterocycles. The van der Waals surface area contributed by atoms with Crippen LogP contribution in [0.4, 0.5) is 0 Å². The van der Waals surface area contributed by atoms with Crippen LogP contribution in [0.1, 0.15) is 37.3 Å². The Hall–Kier alpha value is -1.49. The molecule has 0 aromatic heterocycles.